The largest absolute Gasteiger partial charge is 0.396 e. The molecule has 0 unspecified atom stereocenters. The number of hydrogen-bond acceptors (Lipinski definition) is 6. The Balaban J connectivity index is 1.59. The van der Waals surface area contributed by atoms with Gasteiger partial charge in [-0.05, 0) is 43.0 Å². The lowest BCUT2D eigenvalue weighted by Gasteiger charge is -2.41. The molecule has 1 aliphatic heterocycles. The van der Waals surface area contributed by atoms with Crippen molar-refractivity contribution in [3.63, 3.8) is 0 Å². The van der Waals surface area contributed by atoms with E-state index in [2.05, 4.69) is 11.8 Å². The molecule has 1 aliphatic carbocycles. The molecule has 1 aromatic heterocycles. The number of carbonyl (C=O) groups is 1. The smallest absolute Gasteiger partial charge is 0.225 e. The van der Waals surface area contributed by atoms with Crippen molar-refractivity contribution in [3.8, 4) is 11.1 Å². The lowest BCUT2D eigenvalue weighted by molar-refractivity contribution is -0.134. The zero-order chi connectivity index (χ0) is 22.0. The summed E-state index contributed by atoms with van der Waals surface area (Å²) in [6.07, 6.45) is 2.69. The van der Waals surface area contributed by atoms with Crippen molar-refractivity contribution in [3.05, 3.63) is 41.6 Å². The van der Waals surface area contributed by atoms with E-state index in [1.54, 1.807) is 7.11 Å². The molecule has 31 heavy (non-hydrogen) atoms. The Morgan fingerprint density at radius 1 is 1.29 bits per heavy atom. The molecule has 2 fully saturated rings. The van der Waals surface area contributed by atoms with Gasteiger partial charge < -0.3 is 25.4 Å². The number of ether oxygens (including phenoxy) is 1. The molecule has 2 aliphatic rings. The van der Waals surface area contributed by atoms with Crippen LogP contribution >= 0.6 is 0 Å². The Morgan fingerprint density at radius 3 is 2.77 bits per heavy atom. The molecule has 0 bridgehead atoms. The molecule has 3 N–H and O–H groups in total. The minimum atomic E-state index is 0.0128. The number of rotatable bonds is 7. The Hall–Kier alpha value is -2.64. The average molecular weight is 425 g/mol. The molecule has 4 rings (SSSR count). The maximum Gasteiger partial charge on any atom is 0.225 e. The van der Waals surface area contributed by atoms with Crippen molar-refractivity contribution in [2.75, 3.05) is 44.0 Å². The molecule has 2 aromatic rings. The van der Waals surface area contributed by atoms with Crippen LogP contribution in [0.3, 0.4) is 0 Å². The molecule has 0 spiro atoms. The van der Waals surface area contributed by atoms with Gasteiger partial charge in [0.05, 0.1) is 31.0 Å². The van der Waals surface area contributed by atoms with Crippen LogP contribution in [0.25, 0.3) is 11.1 Å². The van der Waals surface area contributed by atoms with Crippen molar-refractivity contribution in [1.82, 2.24) is 9.88 Å². The second-order valence-corrected chi connectivity index (χ2v) is 8.59. The molecule has 166 valence electrons. The maximum absolute atomic E-state index is 12.5. The van der Waals surface area contributed by atoms with E-state index in [1.165, 1.54) is 0 Å². The number of anilines is 2. The van der Waals surface area contributed by atoms with Gasteiger partial charge in [0.15, 0.2) is 5.82 Å². The van der Waals surface area contributed by atoms with E-state index in [9.17, 15) is 9.90 Å². The van der Waals surface area contributed by atoms with Crippen LogP contribution in [-0.4, -0.2) is 60.3 Å². The van der Waals surface area contributed by atoms with E-state index in [0.29, 0.717) is 44.3 Å². The zero-order valence-electron chi connectivity index (χ0n) is 18.4. The topological polar surface area (TPSA) is 91.9 Å². The van der Waals surface area contributed by atoms with Crippen LogP contribution in [0.1, 0.15) is 43.4 Å². The normalized spacial score (nSPS) is 19.0. The Morgan fingerprint density at radius 2 is 2.10 bits per heavy atom. The molecule has 2 heterocycles. The number of hydrogen-bond donors (Lipinski definition) is 2. The summed E-state index contributed by atoms with van der Waals surface area (Å²) in [5.74, 6) is 1.41. The SMILES string of the molecule is COCCC(=O)N1CCN(c2nc(C3CC3)c(-c3cccc(CO)c3)cc2N)C[C@H]1C. The highest BCUT2D eigenvalue weighted by atomic mass is 16.5. The number of aromatic nitrogens is 1. The summed E-state index contributed by atoms with van der Waals surface area (Å²) in [5.41, 5.74) is 11.2. The molecular weight excluding hydrogens is 392 g/mol. The molecule has 7 nitrogen and oxygen atoms in total. The highest BCUT2D eigenvalue weighted by Crippen LogP contribution is 2.45. The highest BCUT2D eigenvalue weighted by Gasteiger charge is 2.32. The van der Waals surface area contributed by atoms with Gasteiger partial charge in [-0.1, -0.05) is 18.2 Å². The number of nitrogen functional groups attached to an aromatic ring is 1. The summed E-state index contributed by atoms with van der Waals surface area (Å²) in [7, 11) is 1.62. The van der Waals surface area contributed by atoms with Gasteiger partial charge in [-0.2, -0.15) is 0 Å². The molecule has 0 radical (unpaired) electrons. The van der Waals surface area contributed by atoms with Crippen LogP contribution in [0.5, 0.6) is 0 Å². The van der Waals surface area contributed by atoms with E-state index in [4.69, 9.17) is 15.5 Å². The van der Waals surface area contributed by atoms with Gasteiger partial charge >= 0.3 is 0 Å². The molecule has 1 atom stereocenters. The van der Waals surface area contributed by atoms with Crippen molar-refractivity contribution < 1.29 is 14.6 Å². The lowest BCUT2D eigenvalue weighted by atomic mass is 9.98. The fourth-order valence-corrected chi connectivity index (χ4v) is 4.38. The summed E-state index contributed by atoms with van der Waals surface area (Å²) in [6, 6.07) is 10.1. The van der Waals surface area contributed by atoms with Crippen LogP contribution in [-0.2, 0) is 16.1 Å². The number of nitrogens with two attached hydrogens (primary N) is 1. The monoisotopic (exact) mass is 424 g/mol. The first-order chi connectivity index (χ1) is 15.0. The second kappa shape index (κ2) is 9.24. The van der Waals surface area contributed by atoms with E-state index in [1.807, 2.05) is 35.2 Å². The van der Waals surface area contributed by atoms with E-state index >= 15 is 0 Å². The average Bonchev–Trinajstić information content (AvgIpc) is 3.62. The zero-order valence-corrected chi connectivity index (χ0v) is 18.4. The van der Waals surface area contributed by atoms with Crippen molar-refractivity contribution >= 4 is 17.4 Å². The number of aliphatic hydroxyl groups is 1. The quantitative estimate of drug-likeness (QED) is 0.710. The van der Waals surface area contributed by atoms with Crippen molar-refractivity contribution in [1.29, 1.82) is 0 Å². The first-order valence-electron chi connectivity index (χ1n) is 11.1. The number of amides is 1. The summed E-state index contributed by atoms with van der Waals surface area (Å²) in [6.45, 7) is 4.61. The number of methoxy groups -OCH3 is 1. The highest BCUT2D eigenvalue weighted by molar-refractivity contribution is 5.78. The molecule has 1 saturated heterocycles. The molecule has 1 saturated carbocycles. The third-order valence-electron chi connectivity index (χ3n) is 6.21. The molecule has 1 aromatic carbocycles. The summed E-state index contributed by atoms with van der Waals surface area (Å²) >= 11 is 0. The van der Waals surface area contributed by atoms with Gasteiger partial charge in [-0.3, -0.25) is 4.79 Å². The van der Waals surface area contributed by atoms with E-state index in [0.717, 1.165) is 41.0 Å². The number of carbonyl (C=O) groups excluding carboxylic acids is 1. The standard InChI is InChI=1S/C24H32N4O3/c1-16-14-27(9-10-28(16)22(30)8-11-31-2)24-21(25)13-20(23(26-24)18-6-7-18)19-5-3-4-17(12-19)15-29/h3-5,12-13,16,18,29H,6-11,14-15,25H2,1-2H3/t16-/m1/s1. The fourth-order valence-electron chi connectivity index (χ4n) is 4.38. The molecule has 1 amide bonds. The number of benzene rings is 1. The van der Waals surface area contributed by atoms with Crippen molar-refractivity contribution in [2.45, 2.75) is 44.8 Å². The van der Waals surface area contributed by atoms with Crippen LogP contribution in [0, 0.1) is 0 Å². The van der Waals surface area contributed by atoms with Crippen LogP contribution in [0.15, 0.2) is 30.3 Å². The third-order valence-corrected chi connectivity index (χ3v) is 6.21. The van der Waals surface area contributed by atoms with Gasteiger partial charge in [-0.25, -0.2) is 4.98 Å². The van der Waals surface area contributed by atoms with Crippen molar-refractivity contribution in [2.24, 2.45) is 0 Å². The maximum atomic E-state index is 12.5. The molecule has 7 heteroatoms. The summed E-state index contributed by atoms with van der Waals surface area (Å²) < 4.78 is 5.05. The third kappa shape index (κ3) is 4.67. The second-order valence-electron chi connectivity index (χ2n) is 8.59. The van der Waals surface area contributed by atoms with E-state index < -0.39 is 0 Å². The Kier molecular flexibility index (Phi) is 6.43. The first kappa shape index (κ1) is 21.6. The number of aliphatic hydroxyl groups excluding tert-OH is 1. The summed E-state index contributed by atoms with van der Waals surface area (Å²) in [5, 5.41) is 9.52. The molecular formula is C24H32N4O3. The van der Waals surface area contributed by atoms with Crippen LogP contribution in [0.4, 0.5) is 11.5 Å². The first-order valence-corrected chi connectivity index (χ1v) is 11.1. The predicted octanol–water partition coefficient (Wildman–Crippen LogP) is 2.77. The van der Waals surface area contributed by atoms with Gasteiger partial charge in [0.1, 0.15) is 0 Å². The van der Waals surface area contributed by atoms with Gasteiger partial charge in [0.25, 0.3) is 0 Å². The van der Waals surface area contributed by atoms with Crippen LogP contribution in [0.2, 0.25) is 0 Å². The minimum absolute atomic E-state index is 0.0128. The summed E-state index contributed by atoms with van der Waals surface area (Å²) in [4.78, 5) is 21.7. The number of pyridine rings is 1. The minimum Gasteiger partial charge on any atom is -0.396 e. The van der Waals surface area contributed by atoms with Gasteiger partial charge in [0, 0.05) is 44.3 Å². The lowest BCUT2D eigenvalue weighted by Crippen LogP contribution is -2.54. The number of piperazine rings is 1. The van der Waals surface area contributed by atoms with Crippen LogP contribution < -0.4 is 10.6 Å². The Bertz CT molecular complexity index is 944. The van der Waals surface area contributed by atoms with Gasteiger partial charge in [-0.15, -0.1) is 0 Å². The van der Waals surface area contributed by atoms with E-state index in [-0.39, 0.29) is 18.6 Å². The number of nitrogens with zero attached hydrogens (tertiary/aromatic N) is 3. The van der Waals surface area contributed by atoms with Gasteiger partial charge in [0.2, 0.25) is 5.91 Å². The Labute approximate surface area is 183 Å². The predicted molar refractivity (Wildman–Crippen MR) is 122 cm³/mol. The fraction of sp³-hybridized carbons (Fsp3) is 0.500.